The molecule has 18 heavy (non-hydrogen) atoms. The van der Waals surface area contributed by atoms with Crippen LogP contribution in [0.2, 0.25) is 5.02 Å². The molecule has 1 aromatic rings. The van der Waals surface area contributed by atoms with Gasteiger partial charge in [0.1, 0.15) is 0 Å². The zero-order valence-corrected chi connectivity index (χ0v) is 11.0. The predicted molar refractivity (Wildman–Crippen MR) is 71.8 cm³/mol. The number of nitrogens with zero attached hydrogens (tertiary/aromatic N) is 1. The zero-order chi connectivity index (χ0) is 13.1. The number of aliphatic hydroxyl groups excluding tert-OH is 1. The summed E-state index contributed by atoms with van der Waals surface area (Å²) in [4.78, 5) is 13.5. The molecule has 0 aromatic heterocycles. The van der Waals surface area contributed by atoms with Crippen molar-refractivity contribution in [3.63, 3.8) is 0 Å². The monoisotopic (exact) mass is 268 g/mol. The van der Waals surface area contributed by atoms with Gasteiger partial charge >= 0.3 is 6.03 Å². The number of rotatable bonds is 3. The molecule has 1 saturated carbocycles. The van der Waals surface area contributed by atoms with E-state index in [0.29, 0.717) is 17.5 Å². The van der Waals surface area contributed by atoms with Crippen LogP contribution in [0.15, 0.2) is 24.3 Å². The van der Waals surface area contributed by atoms with Gasteiger partial charge in [0.25, 0.3) is 0 Å². The van der Waals surface area contributed by atoms with Crippen LogP contribution in [0.25, 0.3) is 0 Å². The van der Waals surface area contributed by atoms with E-state index in [9.17, 15) is 9.90 Å². The van der Waals surface area contributed by atoms with Gasteiger partial charge in [-0.3, -0.25) is 0 Å². The molecule has 5 heteroatoms. The molecule has 0 heterocycles. The molecule has 1 fully saturated rings. The maximum absolute atomic E-state index is 11.9. The smallest absolute Gasteiger partial charge is 0.321 e. The maximum Gasteiger partial charge on any atom is 0.321 e. The first-order chi connectivity index (χ1) is 8.54. The number of carbonyl (C=O) groups is 1. The summed E-state index contributed by atoms with van der Waals surface area (Å²) in [6, 6.07) is 6.86. The van der Waals surface area contributed by atoms with Crippen LogP contribution in [0.4, 0.5) is 10.5 Å². The Hall–Kier alpha value is -1.26. The minimum Gasteiger partial charge on any atom is -0.393 e. The maximum atomic E-state index is 11.9. The summed E-state index contributed by atoms with van der Waals surface area (Å²) in [6.45, 7) is 0.677. The first-order valence-corrected chi connectivity index (χ1v) is 6.38. The van der Waals surface area contributed by atoms with E-state index >= 15 is 0 Å². The minimum atomic E-state index is -0.178. The third-order valence-electron chi connectivity index (χ3n) is 3.19. The van der Waals surface area contributed by atoms with Crippen molar-refractivity contribution in [2.45, 2.75) is 18.9 Å². The van der Waals surface area contributed by atoms with Gasteiger partial charge in [-0.1, -0.05) is 11.6 Å². The van der Waals surface area contributed by atoms with Crippen molar-refractivity contribution in [3.05, 3.63) is 29.3 Å². The summed E-state index contributed by atoms with van der Waals surface area (Å²) < 4.78 is 0. The number of hydrogen-bond donors (Lipinski definition) is 2. The fourth-order valence-corrected chi connectivity index (χ4v) is 2.20. The van der Waals surface area contributed by atoms with Gasteiger partial charge in [-0.05, 0) is 43.0 Å². The molecule has 98 valence electrons. The highest BCUT2D eigenvalue weighted by molar-refractivity contribution is 6.30. The summed E-state index contributed by atoms with van der Waals surface area (Å²) in [5, 5.41) is 12.6. The molecule has 4 nitrogen and oxygen atoms in total. The number of benzene rings is 1. The Balaban J connectivity index is 1.81. The van der Waals surface area contributed by atoms with Crippen LogP contribution in [-0.4, -0.2) is 35.7 Å². The van der Waals surface area contributed by atoms with Crippen molar-refractivity contribution in [1.29, 1.82) is 0 Å². The van der Waals surface area contributed by atoms with Crippen molar-refractivity contribution in [2.24, 2.45) is 5.92 Å². The number of carbonyl (C=O) groups excluding carboxylic acids is 1. The lowest BCUT2D eigenvalue weighted by Crippen LogP contribution is -2.41. The summed E-state index contributed by atoms with van der Waals surface area (Å²) in [7, 11) is 1.76. The molecular weight excluding hydrogens is 252 g/mol. The van der Waals surface area contributed by atoms with Crippen molar-refractivity contribution >= 4 is 23.3 Å². The molecule has 1 aliphatic rings. The van der Waals surface area contributed by atoms with Gasteiger partial charge in [0.05, 0.1) is 6.10 Å². The van der Waals surface area contributed by atoms with Crippen LogP contribution >= 0.6 is 11.6 Å². The molecule has 0 aliphatic heterocycles. The summed E-state index contributed by atoms with van der Waals surface area (Å²) >= 11 is 5.77. The van der Waals surface area contributed by atoms with E-state index in [2.05, 4.69) is 5.32 Å². The van der Waals surface area contributed by atoms with Gasteiger partial charge in [0.2, 0.25) is 0 Å². The lowest BCUT2D eigenvalue weighted by atomic mass is 9.82. The van der Waals surface area contributed by atoms with Crippen molar-refractivity contribution in [3.8, 4) is 0 Å². The normalized spacial score (nSPS) is 22.2. The van der Waals surface area contributed by atoms with Gasteiger partial charge < -0.3 is 15.3 Å². The number of anilines is 1. The van der Waals surface area contributed by atoms with E-state index in [1.54, 1.807) is 36.2 Å². The zero-order valence-electron chi connectivity index (χ0n) is 10.3. The molecule has 0 atom stereocenters. The van der Waals surface area contributed by atoms with Gasteiger partial charge in [-0.25, -0.2) is 4.79 Å². The molecule has 2 rings (SSSR count). The Morgan fingerprint density at radius 1 is 1.44 bits per heavy atom. The van der Waals surface area contributed by atoms with Crippen molar-refractivity contribution in [1.82, 2.24) is 4.90 Å². The van der Waals surface area contributed by atoms with Gasteiger partial charge in [-0.15, -0.1) is 0 Å². The minimum absolute atomic E-state index is 0.140. The Morgan fingerprint density at radius 2 is 2.06 bits per heavy atom. The van der Waals surface area contributed by atoms with Crippen LogP contribution < -0.4 is 5.32 Å². The van der Waals surface area contributed by atoms with Gasteiger partial charge in [0.15, 0.2) is 0 Å². The van der Waals surface area contributed by atoms with Crippen LogP contribution in [0, 0.1) is 5.92 Å². The summed E-state index contributed by atoms with van der Waals surface area (Å²) in [6.07, 6.45) is 1.40. The molecule has 2 amide bonds. The predicted octanol–water partition coefficient (Wildman–Crippen LogP) is 2.57. The second-order valence-electron chi connectivity index (χ2n) is 4.81. The lowest BCUT2D eigenvalue weighted by molar-refractivity contribution is 0.0332. The third kappa shape index (κ3) is 3.37. The SMILES string of the molecule is CN(CC1CC(O)C1)C(=O)Nc1ccc(Cl)cc1. The molecule has 0 spiro atoms. The Bertz CT molecular complexity index is 416. The van der Waals surface area contributed by atoms with Crippen LogP contribution in [-0.2, 0) is 0 Å². The number of nitrogens with one attached hydrogen (secondary N) is 1. The fourth-order valence-electron chi connectivity index (χ4n) is 2.07. The second kappa shape index (κ2) is 5.59. The van der Waals surface area contributed by atoms with Crippen LogP contribution in [0.3, 0.4) is 0 Å². The Labute approximate surface area is 112 Å². The van der Waals surface area contributed by atoms with E-state index in [-0.39, 0.29) is 12.1 Å². The second-order valence-corrected chi connectivity index (χ2v) is 5.25. The number of amides is 2. The van der Waals surface area contributed by atoms with Gasteiger partial charge in [-0.2, -0.15) is 0 Å². The lowest BCUT2D eigenvalue weighted by Gasteiger charge is -2.34. The van der Waals surface area contributed by atoms with E-state index in [4.69, 9.17) is 11.6 Å². The van der Waals surface area contributed by atoms with Crippen molar-refractivity contribution in [2.75, 3.05) is 18.9 Å². The average Bonchev–Trinajstić information content (AvgIpc) is 2.30. The highest BCUT2D eigenvalue weighted by Crippen LogP contribution is 2.27. The Kier molecular flexibility index (Phi) is 4.09. The van der Waals surface area contributed by atoms with Crippen LogP contribution in [0.1, 0.15) is 12.8 Å². The van der Waals surface area contributed by atoms with Crippen molar-refractivity contribution < 1.29 is 9.90 Å². The number of urea groups is 1. The van der Waals surface area contributed by atoms with E-state index < -0.39 is 0 Å². The largest absolute Gasteiger partial charge is 0.393 e. The summed E-state index contributed by atoms with van der Waals surface area (Å²) in [5.41, 5.74) is 0.727. The molecule has 1 aromatic carbocycles. The van der Waals surface area contributed by atoms with E-state index in [0.717, 1.165) is 18.5 Å². The summed E-state index contributed by atoms with van der Waals surface area (Å²) in [5.74, 6) is 0.418. The van der Waals surface area contributed by atoms with E-state index in [1.807, 2.05) is 0 Å². The molecule has 2 N–H and O–H groups in total. The molecule has 0 radical (unpaired) electrons. The highest BCUT2D eigenvalue weighted by atomic mass is 35.5. The number of halogens is 1. The average molecular weight is 269 g/mol. The molecular formula is C13H17ClN2O2. The topological polar surface area (TPSA) is 52.6 Å². The first kappa shape index (κ1) is 13.2. The number of hydrogen-bond acceptors (Lipinski definition) is 2. The molecule has 0 saturated heterocycles. The van der Waals surface area contributed by atoms with Crippen LogP contribution in [0.5, 0.6) is 0 Å². The van der Waals surface area contributed by atoms with Gasteiger partial charge in [0, 0.05) is 24.3 Å². The molecule has 0 unspecified atom stereocenters. The molecule has 1 aliphatic carbocycles. The fraction of sp³-hybridized carbons (Fsp3) is 0.462. The third-order valence-corrected chi connectivity index (χ3v) is 3.44. The standard InChI is InChI=1S/C13H17ClN2O2/c1-16(8-9-6-12(17)7-9)13(18)15-11-4-2-10(14)3-5-11/h2-5,9,12,17H,6-8H2,1H3,(H,15,18). The molecule has 0 bridgehead atoms. The quantitative estimate of drug-likeness (QED) is 0.885. The Morgan fingerprint density at radius 3 is 2.61 bits per heavy atom. The highest BCUT2D eigenvalue weighted by Gasteiger charge is 2.29. The first-order valence-electron chi connectivity index (χ1n) is 6.00. The number of aliphatic hydroxyl groups is 1. The van der Waals surface area contributed by atoms with E-state index in [1.165, 1.54) is 0 Å².